The van der Waals surface area contributed by atoms with Crippen LogP contribution in [0.3, 0.4) is 0 Å². The van der Waals surface area contributed by atoms with E-state index in [4.69, 9.17) is 0 Å². The van der Waals surface area contributed by atoms with E-state index in [0.717, 1.165) is 23.7 Å². The summed E-state index contributed by atoms with van der Waals surface area (Å²) in [4.78, 5) is 2.67. The van der Waals surface area contributed by atoms with Crippen molar-refractivity contribution in [3.63, 3.8) is 0 Å². The van der Waals surface area contributed by atoms with Crippen molar-refractivity contribution < 1.29 is 0 Å². The lowest BCUT2D eigenvalue weighted by Gasteiger charge is -2.39. The summed E-state index contributed by atoms with van der Waals surface area (Å²) in [5.74, 6) is 3.57. The number of hydrogen-bond donors (Lipinski definition) is 0. The Morgan fingerprint density at radius 3 is 2.33 bits per heavy atom. The SMILES string of the molecule is CC(C)CCN1CCC(C(C)C)[C@H](C)C1. The van der Waals surface area contributed by atoms with E-state index in [2.05, 4.69) is 39.5 Å². The first-order chi connectivity index (χ1) is 7.00. The summed E-state index contributed by atoms with van der Waals surface area (Å²) in [7, 11) is 0. The second-order valence-corrected chi connectivity index (χ2v) is 6.16. The summed E-state index contributed by atoms with van der Waals surface area (Å²) < 4.78 is 0. The Bertz CT molecular complexity index is 174. The molecule has 1 saturated heterocycles. The zero-order valence-electron chi connectivity index (χ0n) is 11.3. The van der Waals surface area contributed by atoms with Gasteiger partial charge in [-0.25, -0.2) is 0 Å². The largest absolute Gasteiger partial charge is 0.303 e. The molecule has 1 fully saturated rings. The second-order valence-electron chi connectivity index (χ2n) is 6.16. The number of hydrogen-bond acceptors (Lipinski definition) is 1. The summed E-state index contributed by atoms with van der Waals surface area (Å²) >= 11 is 0. The highest BCUT2D eigenvalue weighted by Gasteiger charge is 2.27. The molecule has 0 spiro atoms. The normalized spacial score (nSPS) is 29.0. The minimum Gasteiger partial charge on any atom is -0.303 e. The van der Waals surface area contributed by atoms with Crippen LogP contribution in [-0.2, 0) is 0 Å². The van der Waals surface area contributed by atoms with Crippen LogP contribution in [-0.4, -0.2) is 24.5 Å². The monoisotopic (exact) mass is 211 g/mol. The maximum absolute atomic E-state index is 2.67. The van der Waals surface area contributed by atoms with Crippen LogP contribution in [0, 0.1) is 23.7 Å². The minimum absolute atomic E-state index is 0.850. The van der Waals surface area contributed by atoms with Crippen LogP contribution in [0.15, 0.2) is 0 Å². The molecule has 0 aromatic carbocycles. The zero-order valence-corrected chi connectivity index (χ0v) is 11.3. The van der Waals surface area contributed by atoms with E-state index in [-0.39, 0.29) is 0 Å². The first-order valence-corrected chi connectivity index (χ1v) is 6.73. The van der Waals surface area contributed by atoms with Gasteiger partial charge in [-0.15, -0.1) is 0 Å². The van der Waals surface area contributed by atoms with Crippen molar-refractivity contribution in [1.29, 1.82) is 0 Å². The lowest BCUT2D eigenvalue weighted by Crippen LogP contribution is -2.41. The Morgan fingerprint density at radius 1 is 1.20 bits per heavy atom. The average Bonchev–Trinajstić information content (AvgIpc) is 2.14. The first-order valence-electron chi connectivity index (χ1n) is 6.73. The molecule has 0 radical (unpaired) electrons. The van der Waals surface area contributed by atoms with Crippen molar-refractivity contribution in [2.45, 2.75) is 47.5 Å². The maximum Gasteiger partial charge on any atom is 0.000978 e. The van der Waals surface area contributed by atoms with Gasteiger partial charge >= 0.3 is 0 Å². The van der Waals surface area contributed by atoms with E-state index in [0.29, 0.717) is 0 Å². The molecule has 0 N–H and O–H groups in total. The molecule has 0 aromatic heterocycles. The molecule has 1 heteroatoms. The van der Waals surface area contributed by atoms with Crippen molar-refractivity contribution in [3.8, 4) is 0 Å². The van der Waals surface area contributed by atoms with Crippen molar-refractivity contribution >= 4 is 0 Å². The number of rotatable bonds is 4. The van der Waals surface area contributed by atoms with Crippen LogP contribution in [0.4, 0.5) is 0 Å². The molecule has 0 amide bonds. The highest BCUT2D eigenvalue weighted by Crippen LogP contribution is 2.29. The Labute approximate surface area is 96.2 Å². The molecule has 1 aliphatic rings. The third kappa shape index (κ3) is 4.14. The lowest BCUT2D eigenvalue weighted by molar-refractivity contribution is 0.0982. The van der Waals surface area contributed by atoms with E-state index in [1.165, 1.54) is 32.5 Å². The Morgan fingerprint density at radius 2 is 1.87 bits per heavy atom. The Hall–Kier alpha value is -0.0400. The van der Waals surface area contributed by atoms with Gasteiger partial charge in [-0.2, -0.15) is 0 Å². The van der Waals surface area contributed by atoms with Gasteiger partial charge in [-0.1, -0.05) is 34.6 Å². The summed E-state index contributed by atoms with van der Waals surface area (Å²) in [6.07, 6.45) is 2.77. The summed E-state index contributed by atoms with van der Waals surface area (Å²) in [5.41, 5.74) is 0. The van der Waals surface area contributed by atoms with E-state index in [1.54, 1.807) is 0 Å². The molecule has 15 heavy (non-hydrogen) atoms. The highest BCUT2D eigenvalue weighted by molar-refractivity contribution is 4.79. The fourth-order valence-corrected chi connectivity index (χ4v) is 2.88. The van der Waals surface area contributed by atoms with E-state index < -0.39 is 0 Å². The van der Waals surface area contributed by atoms with Gasteiger partial charge in [0.15, 0.2) is 0 Å². The molecule has 1 heterocycles. The van der Waals surface area contributed by atoms with Gasteiger partial charge in [0, 0.05) is 6.54 Å². The average molecular weight is 211 g/mol. The highest BCUT2D eigenvalue weighted by atomic mass is 15.1. The lowest BCUT2D eigenvalue weighted by atomic mass is 9.79. The maximum atomic E-state index is 2.67. The van der Waals surface area contributed by atoms with Crippen LogP contribution in [0.5, 0.6) is 0 Å². The molecular formula is C14H29N. The molecule has 0 bridgehead atoms. The van der Waals surface area contributed by atoms with Crippen LogP contribution in [0.2, 0.25) is 0 Å². The topological polar surface area (TPSA) is 3.24 Å². The Kier molecular flexibility index (Phi) is 5.11. The van der Waals surface area contributed by atoms with Crippen LogP contribution >= 0.6 is 0 Å². The summed E-state index contributed by atoms with van der Waals surface area (Å²) in [6.45, 7) is 15.8. The number of nitrogens with zero attached hydrogens (tertiary/aromatic N) is 1. The van der Waals surface area contributed by atoms with Crippen LogP contribution in [0.25, 0.3) is 0 Å². The predicted molar refractivity (Wildman–Crippen MR) is 68.0 cm³/mol. The first kappa shape index (κ1) is 13.0. The van der Waals surface area contributed by atoms with Gasteiger partial charge in [0.25, 0.3) is 0 Å². The fourth-order valence-electron chi connectivity index (χ4n) is 2.88. The molecule has 2 atom stereocenters. The zero-order chi connectivity index (χ0) is 11.4. The van der Waals surface area contributed by atoms with Crippen molar-refractivity contribution in [2.24, 2.45) is 23.7 Å². The molecule has 0 saturated carbocycles. The Balaban J connectivity index is 2.31. The van der Waals surface area contributed by atoms with Crippen molar-refractivity contribution in [1.82, 2.24) is 4.90 Å². The van der Waals surface area contributed by atoms with Gasteiger partial charge in [-0.3, -0.25) is 0 Å². The fraction of sp³-hybridized carbons (Fsp3) is 1.00. The predicted octanol–water partition coefficient (Wildman–Crippen LogP) is 3.65. The van der Waals surface area contributed by atoms with Crippen molar-refractivity contribution in [2.75, 3.05) is 19.6 Å². The number of piperidine rings is 1. The van der Waals surface area contributed by atoms with Crippen LogP contribution < -0.4 is 0 Å². The molecule has 1 aliphatic heterocycles. The molecule has 1 rings (SSSR count). The molecule has 90 valence electrons. The van der Waals surface area contributed by atoms with Gasteiger partial charge in [0.2, 0.25) is 0 Å². The molecule has 1 unspecified atom stereocenters. The molecule has 0 aliphatic carbocycles. The third-order valence-corrected chi connectivity index (χ3v) is 3.93. The molecular weight excluding hydrogens is 182 g/mol. The molecule has 1 nitrogen and oxygen atoms in total. The standard InChI is InChI=1S/C14H29N/c1-11(2)6-8-15-9-7-14(12(3)4)13(5)10-15/h11-14H,6-10H2,1-5H3/t13-,14?/m1/s1. The van der Waals surface area contributed by atoms with Gasteiger partial charge in [0.05, 0.1) is 0 Å². The smallest absolute Gasteiger partial charge is 0.000978 e. The van der Waals surface area contributed by atoms with Gasteiger partial charge in [-0.05, 0) is 49.6 Å². The van der Waals surface area contributed by atoms with Gasteiger partial charge < -0.3 is 4.90 Å². The summed E-state index contributed by atoms with van der Waals surface area (Å²) in [5, 5.41) is 0. The second kappa shape index (κ2) is 5.89. The van der Waals surface area contributed by atoms with Crippen LogP contribution in [0.1, 0.15) is 47.5 Å². The minimum atomic E-state index is 0.850. The van der Waals surface area contributed by atoms with Crippen molar-refractivity contribution in [3.05, 3.63) is 0 Å². The molecule has 0 aromatic rings. The van der Waals surface area contributed by atoms with Gasteiger partial charge in [0.1, 0.15) is 0 Å². The quantitative estimate of drug-likeness (QED) is 0.686. The number of likely N-dealkylation sites (tertiary alicyclic amines) is 1. The van der Waals surface area contributed by atoms with E-state index in [1.807, 2.05) is 0 Å². The summed E-state index contributed by atoms with van der Waals surface area (Å²) in [6, 6.07) is 0. The van der Waals surface area contributed by atoms with E-state index >= 15 is 0 Å². The third-order valence-electron chi connectivity index (χ3n) is 3.93. The van der Waals surface area contributed by atoms with E-state index in [9.17, 15) is 0 Å².